The van der Waals surface area contributed by atoms with Gasteiger partial charge in [-0.05, 0) is 37.5 Å². The van der Waals surface area contributed by atoms with Crippen LogP contribution >= 0.6 is 12.4 Å². The van der Waals surface area contributed by atoms with Crippen molar-refractivity contribution in [3.63, 3.8) is 0 Å². The first-order valence-electron chi connectivity index (χ1n) is 8.48. The maximum atomic E-state index is 13.0. The van der Waals surface area contributed by atoms with Gasteiger partial charge in [0.1, 0.15) is 0 Å². The number of amides is 1. The van der Waals surface area contributed by atoms with Gasteiger partial charge in [0.2, 0.25) is 15.9 Å². The summed E-state index contributed by atoms with van der Waals surface area (Å²) in [7, 11) is -3.54. The number of carbonyl (C=O) groups excluding carboxylic acids is 1. The zero-order valence-corrected chi connectivity index (χ0v) is 16.5. The SMILES string of the molecule is Cc1ccc(NC(=O)C(C)CN)cc1S(=O)(=O)N1CCCCCC1.Cl. The highest BCUT2D eigenvalue weighted by Crippen LogP contribution is 2.26. The lowest BCUT2D eigenvalue weighted by atomic mass is 10.1. The second-order valence-electron chi connectivity index (χ2n) is 6.42. The minimum absolute atomic E-state index is 0. The smallest absolute Gasteiger partial charge is 0.243 e. The van der Waals surface area contributed by atoms with E-state index in [0.29, 0.717) is 24.3 Å². The molecule has 1 aromatic carbocycles. The van der Waals surface area contributed by atoms with Gasteiger partial charge in [-0.15, -0.1) is 12.4 Å². The number of benzene rings is 1. The molecule has 1 fully saturated rings. The summed E-state index contributed by atoms with van der Waals surface area (Å²) in [5.74, 6) is -0.531. The van der Waals surface area contributed by atoms with Gasteiger partial charge in [-0.3, -0.25) is 4.79 Å². The van der Waals surface area contributed by atoms with E-state index in [9.17, 15) is 13.2 Å². The molecular weight excluding hydrogens is 362 g/mol. The largest absolute Gasteiger partial charge is 0.330 e. The predicted molar refractivity (Wildman–Crippen MR) is 103 cm³/mol. The maximum Gasteiger partial charge on any atom is 0.243 e. The summed E-state index contributed by atoms with van der Waals surface area (Å²) >= 11 is 0. The number of sulfonamides is 1. The number of hydrogen-bond acceptors (Lipinski definition) is 4. The number of aryl methyl sites for hydroxylation is 1. The summed E-state index contributed by atoms with van der Waals surface area (Å²) in [5, 5.41) is 2.75. The average Bonchev–Trinajstić information content (AvgIpc) is 2.85. The van der Waals surface area contributed by atoms with Gasteiger partial charge in [0, 0.05) is 31.2 Å². The molecule has 1 amide bonds. The highest BCUT2D eigenvalue weighted by atomic mass is 35.5. The minimum Gasteiger partial charge on any atom is -0.330 e. The van der Waals surface area contributed by atoms with Crippen molar-refractivity contribution in [2.24, 2.45) is 11.7 Å². The Balaban J connectivity index is 0.00000312. The van der Waals surface area contributed by atoms with Crippen LogP contribution in [-0.4, -0.2) is 38.3 Å². The summed E-state index contributed by atoms with van der Waals surface area (Å²) in [6, 6.07) is 5.00. The molecule has 25 heavy (non-hydrogen) atoms. The van der Waals surface area contributed by atoms with E-state index in [1.165, 1.54) is 0 Å². The molecule has 8 heteroatoms. The van der Waals surface area contributed by atoms with Crippen molar-refractivity contribution in [1.29, 1.82) is 0 Å². The Kier molecular flexibility index (Phi) is 8.34. The fraction of sp³-hybridized carbons (Fsp3) is 0.588. The highest BCUT2D eigenvalue weighted by Gasteiger charge is 2.27. The van der Waals surface area contributed by atoms with Crippen LogP contribution in [-0.2, 0) is 14.8 Å². The van der Waals surface area contributed by atoms with Crippen molar-refractivity contribution in [2.75, 3.05) is 25.0 Å². The fourth-order valence-electron chi connectivity index (χ4n) is 2.75. The number of nitrogens with one attached hydrogen (secondary N) is 1. The van der Waals surface area contributed by atoms with Crippen LogP contribution in [0.3, 0.4) is 0 Å². The molecular formula is C17H28ClN3O3S. The summed E-state index contributed by atoms with van der Waals surface area (Å²) in [5.41, 5.74) is 6.67. The molecule has 1 aliphatic heterocycles. The zero-order chi connectivity index (χ0) is 17.7. The number of nitrogens with two attached hydrogens (primary N) is 1. The minimum atomic E-state index is -3.54. The standard InChI is InChI=1S/C17H27N3O3S.ClH/c1-13-7-8-15(19-17(21)14(2)12-18)11-16(13)24(22,23)20-9-5-3-4-6-10-20;/h7-8,11,14H,3-6,9-10,12,18H2,1-2H3,(H,19,21);1H. The first-order valence-corrected chi connectivity index (χ1v) is 9.92. The van der Waals surface area contributed by atoms with Crippen LogP contribution in [0.25, 0.3) is 0 Å². The third kappa shape index (κ3) is 5.41. The van der Waals surface area contributed by atoms with E-state index in [0.717, 1.165) is 25.7 Å². The van der Waals surface area contributed by atoms with Gasteiger partial charge < -0.3 is 11.1 Å². The molecule has 0 radical (unpaired) electrons. The number of anilines is 1. The highest BCUT2D eigenvalue weighted by molar-refractivity contribution is 7.89. The van der Waals surface area contributed by atoms with Crippen molar-refractivity contribution >= 4 is 34.0 Å². The van der Waals surface area contributed by atoms with E-state index in [1.54, 1.807) is 36.4 Å². The second-order valence-corrected chi connectivity index (χ2v) is 8.33. The first kappa shape index (κ1) is 21.9. The van der Waals surface area contributed by atoms with E-state index >= 15 is 0 Å². The van der Waals surface area contributed by atoms with Gasteiger partial charge in [-0.2, -0.15) is 4.31 Å². The van der Waals surface area contributed by atoms with Gasteiger partial charge in [0.15, 0.2) is 0 Å². The zero-order valence-electron chi connectivity index (χ0n) is 14.8. The van der Waals surface area contributed by atoms with Crippen molar-refractivity contribution < 1.29 is 13.2 Å². The maximum absolute atomic E-state index is 13.0. The van der Waals surface area contributed by atoms with Gasteiger partial charge >= 0.3 is 0 Å². The topological polar surface area (TPSA) is 92.5 Å². The molecule has 142 valence electrons. The van der Waals surface area contributed by atoms with Crippen molar-refractivity contribution in [3.05, 3.63) is 23.8 Å². The summed E-state index contributed by atoms with van der Waals surface area (Å²) in [6.07, 6.45) is 3.92. The molecule has 1 heterocycles. The number of hydrogen-bond donors (Lipinski definition) is 2. The fourth-order valence-corrected chi connectivity index (χ4v) is 4.52. The second kappa shape index (κ2) is 9.52. The van der Waals surface area contributed by atoms with Crippen molar-refractivity contribution in [2.45, 2.75) is 44.4 Å². The molecule has 1 unspecified atom stereocenters. The summed E-state index contributed by atoms with van der Waals surface area (Å²) in [6.45, 7) is 4.87. The van der Waals surface area contributed by atoms with Crippen molar-refractivity contribution in [1.82, 2.24) is 4.31 Å². The van der Waals surface area contributed by atoms with Gasteiger partial charge in [-0.1, -0.05) is 25.8 Å². The Morgan fingerprint density at radius 1 is 1.24 bits per heavy atom. The van der Waals surface area contributed by atoms with Crippen LogP contribution in [0.5, 0.6) is 0 Å². The van der Waals surface area contributed by atoms with E-state index in [1.807, 2.05) is 0 Å². The Labute approximate surface area is 156 Å². The lowest BCUT2D eigenvalue weighted by Crippen LogP contribution is -2.32. The molecule has 1 saturated heterocycles. The molecule has 0 spiro atoms. The lowest BCUT2D eigenvalue weighted by molar-refractivity contribution is -0.119. The quantitative estimate of drug-likeness (QED) is 0.809. The Morgan fingerprint density at radius 2 is 1.84 bits per heavy atom. The molecule has 1 aromatic rings. The molecule has 0 aliphatic carbocycles. The van der Waals surface area contributed by atoms with Crippen molar-refractivity contribution in [3.8, 4) is 0 Å². The molecule has 6 nitrogen and oxygen atoms in total. The molecule has 1 atom stereocenters. The summed E-state index contributed by atoms with van der Waals surface area (Å²) in [4.78, 5) is 12.3. The monoisotopic (exact) mass is 389 g/mol. The molecule has 0 bridgehead atoms. The normalized spacial score (nSPS) is 17.2. The first-order chi connectivity index (χ1) is 11.4. The molecule has 3 N–H and O–H groups in total. The molecule has 0 aromatic heterocycles. The van der Waals surface area contributed by atoms with Crippen LogP contribution in [0.2, 0.25) is 0 Å². The Hall–Kier alpha value is -1.15. The summed E-state index contributed by atoms with van der Waals surface area (Å²) < 4.78 is 27.5. The van der Waals surface area contributed by atoms with Gasteiger partial charge in [0.25, 0.3) is 0 Å². The lowest BCUT2D eigenvalue weighted by Gasteiger charge is -2.21. The number of carbonyl (C=O) groups is 1. The van der Waals surface area contributed by atoms with Crippen LogP contribution in [0.1, 0.15) is 38.2 Å². The molecule has 2 rings (SSSR count). The number of rotatable bonds is 5. The third-order valence-electron chi connectivity index (χ3n) is 4.44. The number of halogens is 1. The molecule has 0 saturated carbocycles. The number of nitrogens with zero attached hydrogens (tertiary/aromatic N) is 1. The average molecular weight is 390 g/mol. The Bertz CT molecular complexity index is 686. The van der Waals surface area contributed by atoms with Crippen LogP contribution in [0.4, 0.5) is 5.69 Å². The molecule has 1 aliphatic rings. The van der Waals surface area contributed by atoms with E-state index in [2.05, 4.69) is 5.32 Å². The van der Waals surface area contributed by atoms with Crippen LogP contribution in [0, 0.1) is 12.8 Å². The van der Waals surface area contributed by atoms with Gasteiger partial charge in [-0.25, -0.2) is 8.42 Å². The predicted octanol–water partition coefficient (Wildman–Crippen LogP) is 2.51. The van der Waals surface area contributed by atoms with Crippen LogP contribution < -0.4 is 11.1 Å². The van der Waals surface area contributed by atoms with Gasteiger partial charge in [0.05, 0.1) is 4.90 Å². The third-order valence-corrected chi connectivity index (χ3v) is 6.48. The van der Waals surface area contributed by atoms with E-state index < -0.39 is 10.0 Å². The van der Waals surface area contributed by atoms with Crippen LogP contribution in [0.15, 0.2) is 23.1 Å². The van der Waals surface area contributed by atoms with E-state index in [-0.39, 0.29) is 35.7 Å². The Morgan fingerprint density at radius 3 is 2.40 bits per heavy atom. The van der Waals surface area contributed by atoms with E-state index in [4.69, 9.17) is 5.73 Å².